The number of rotatable bonds is 4. The van der Waals surface area contributed by atoms with Gasteiger partial charge < -0.3 is 10.6 Å². The fourth-order valence-corrected chi connectivity index (χ4v) is 4.38. The number of amides is 2. The smallest absolute Gasteiger partial charge is 0.313 e. The van der Waals surface area contributed by atoms with Crippen molar-refractivity contribution in [3.63, 3.8) is 0 Å². The number of benzene rings is 1. The van der Waals surface area contributed by atoms with Crippen molar-refractivity contribution in [3.8, 4) is 0 Å². The molecule has 1 fully saturated rings. The summed E-state index contributed by atoms with van der Waals surface area (Å²) < 4.78 is 13.6. The summed E-state index contributed by atoms with van der Waals surface area (Å²) in [5, 5.41) is 7.12. The van der Waals surface area contributed by atoms with Crippen LogP contribution in [-0.2, 0) is 15.0 Å². The molecule has 0 saturated heterocycles. The van der Waals surface area contributed by atoms with Gasteiger partial charge in [0.1, 0.15) is 5.82 Å². The first kappa shape index (κ1) is 17.6. The molecule has 0 aliphatic heterocycles. The van der Waals surface area contributed by atoms with Gasteiger partial charge in [-0.1, -0.05) is 37.5 Å². The van der Waals surface area contributed by atoms with E-state index in [4.69, 9.17) is 0 Å². The minimum atomic E-state index is -0.845. The van der Waals surface area contributed by atoms with E-state index < -0.39 is 17.6 Å². The van der Waals surface area contributed by atoms with E-state index in [9.17, 15) is 14.0 Å². The van der Waals surface area contributed by atoms with E-state index >= 15 is 0 Å². The summed E-state index contributed by atoms with van der Waals surface area (Å²) in [5.41, 5.74) is -0.0892. The van der Waals surface area contributed by atoms with Crippen molar-refractivity contribution >= 4 is 28.8 Å². The van der Waals surface area contributed by atoms with Gasteiger partial charge in [0.25, 0.3) is 0 Å². The summed E-state index contributed by atoms with van der Waals surface area (Å²) in [6.45, 7) is 0.428. The molecule has 1 aliphatic rings. The monoisotopic (exact) mass is 360 g/mol. The molecule has 1 heterocycles. The molecular formula is C19H21FN2O2S. The van der Waals surface area contributed by atoms with Crippen molar-refractivity contribution in [3.05, 3.63) is 52.5 Å². The highest BCUT2D eigenvalue weighted by Crippen LogP contribution is 2.41. The molecule has 0 radical (unpaired) electrons. The molecule has 1 aliphatic carbocycles. The van der Waals surface area contributed by atoms with Gasteiger partial charge in [0.15, 0.2) is 0 Å². The Bertz CT molecular complexity index is 740. The van der Waals surface area contributed by atoms with Crippen LogP contribution >= 0.6 is 11.3 Å². The average Bonchev–Trinajstić information content (AvgIpc) is 3.18. The second kappa shape index (κ2) is 7.78. The van der Waals surface area contributed by atoms with Gasteiger partial charge in [0.05, 0.1) is 5.69 Å². The Balaban J connectivity index is 1.64. The van der Waals surface area contributed by atoms with Crippen LogP contribution in [0.25, 0.3) is 0 Å². The van der Waals surface area contributed by atoms with Crippen molar-refractivity contribution in [1.82, 2.24) is 5.32 Å². The number of nitrogens with one attached hydrogen (secondary N) is 2. The Morgan fingerprint density at radius 2 is 1.80 bits per heavy atom. The van der Waals surface area contributed by atoms with Crippen LogP contribution in [0.5, 0.6) is 0 Å². The molecule has 2 amide bonds. The lowest BCUT2D eigenvalue weighted by molar-refractivity contribution is -0.136. The number of para-hydroxylation sites is 1. The van der Waals surface area contributed by atoms with Crippen LogP contribution < -0.4 is 10.6 Å². The topological polar surface area (TPSA) is 58.2 Å². The Morgan fingerprint density at radius 3 is 2.48 bits per heavy atom. The van der Waals surface area contributed by atoms with Crippen molar-refractivity contribution in [2.75, 3.05) is 11.9 Å². The molecule has 0 spiro atoms. The third-order valence-corrected chi connectivity index (χ3v) is 5.89. The third kappa shape index (κ3) is 4.07. The van der Waals surface area contributed by atoms with Gasteiger partial charge in [-0.25, -0.2) is 4.39 Å². The number of hydrogen-bond donors (Lipinski definition) is 2. The molecule has 0 bridgehead atoms. The molecule has 3 rings (SSSR count). The molecule has 2 aromatic rings. The molecule has 1 aromatic heterocycles. The van der Waals surface area contributed by atoms with Crippen LogP contribution in [0.2, 0.25) is 0 Å². The standard InChI is InChI=1S/C19H21FN2O2S/c20-14-7-2-3-8-15(14)22-18(24)17(23)21-13-19(10-4-1-5-11-19)16-9-6-12-25-16/h2-3,6-9,12H,1,4-5,10-11,13H2,(H,21,23)(H,22,24). The van der Waals surface area contributed by atoms with E-state index in [2.05, 4.69) is 16.7 Å². The fraction of sp³-hybridized carbons (Fsp3) is 0.368. The predicted molar refractivity (Wildman–Crippen MR) is 97.1 cm³/mol. The molecule has 2 N–H and O–H groups in total. The van der Waals surface area contributed by atoms with E-state index in [1.165, 1.54) is 29.5 Å². The van der Waals surface area contributed by atoms with Gasteiger partial charge in [-0.2, -0.15) is 0 Å². The summed E-state index contributed by atoms with van der Waals surface area (Å²) in [4.78, 5) is 25.5. The van der Waals surface area contributed by atoms with Gasteiger partial charge >= 0.3 is 11.8 Å². The summed E-state index contributed by atoms with van der Waals surface area (Å²) in [6.07, 6.45) is 5.45. The largest absolute Gasteiger partial charge is 0.347 e. The highest BCUT2D eigenvalue weighted by molar-refractivity contribution is 7.10. The zero-order valence-corrected chi connectivity index (χ0v) is 14.7. The lowest BCUT2D eigenvalue weighted by Crippen LogP contribution is -2.45. The lowest BCUT2D eigenvalue weighted by atomic mass is 9.73. The zero-order chi connectivity index (χ0) is 17.7. The van der Waals surface area contributed by atoms with Crippen LogP contribution in [0.3, 0.4) is 0 Å². The average molecular weight is 360 g/mol. The van der Waals surface area contributed by atoms with E-state index in [1.807, 2.05) is 11.4 Å². The van der Waals surface area contributed by atoms with Crippen LogP contribution in [0.15, 0.2) is 41.8 Å². The van der Waals surface area contributed by atoms with Crippen molar-refractivity contribution in [2.45, 2.75) is 37.5 Å². The van der Waals surface area contributed by atoms with Crippen LogP contribution in [0, 0.1) is 5.82 Å². The highest BCUT2D eigenvalue weighted by Gasteiger charge is 2.35. The van der Waals surface area contributed by atoms with Gasteiger partial charge in [-0.05, 0) is 36.4 Å². The molecule has 0 atom stereocenters. The first-order chi connectivity index (χ1) is 12.1. The van der Waals surface area contributed by atoms with E-state index in [-0.39, 0.29) is 11.1 Å². The van der Waals surface area contributed by atoms with E-state index in [0.29, 0.717) is 6.54 Å². The van der Waals surface area contributed by atoms with Crippen LogP contribution in [-0.4, -0.2) is 18.4 Å². The third-order valence-electron chi connectivity index (χ3n) is 4.77. The molecule has 1 aromatic carbocycles. The number of halogens is 1. The maximum Gasteiger partial charge on any atom is 0.313 e. The summed E-state index contributed by atoms with van der Waals surface area (Å²) in [7, 11) is 0. The molecule has 6 heteroatoms. The molecule has 0 unspecified atom stereocenters. The highest BCUT2D eigenvalue weighted by atomic mass is 32.1. The van der Waals surface area contributed by atoms with Gasteiger partial charge in [0, 0.05) is 16.8 Å². The predicted octanol–water partition coefficient (Wildman–Crippen LogP) is 3.84. The first-order valence-electron chi connectivity index (χ1n) is 8.48. The summed E-state index contributed by atoms with van der Waals surface area (Å²) >= 11 is 1.69. The molecule has 4 nitrogen and oxygen atoms in total. The van der Waals surface area contributed by atoms with E-state index in [1.54, 1.807) is 17.4 Å². The second-order valence-corrected chi connectivity index (χ2v) is 7.38. The number of hydrogen-bond acceptors (Lipinski definition) is 3. The Labute approximate surface area is 150 Å². The summed E-state index contributed by atoms with van der Waals surface area (Å²) in [6, 6.07) is 9.91. The second-order valence-electron chi connectivity index (χ2n) is 6.43. The molecular weight excluding hydrogens is 339 g/mol. The summed E-state index contributed by atoms with van der Waals surface area (Å²) in [5.74, 6) is -2.14. The van der Waals surface area contributed by atoms with Crippen molar-refractivity contribution in [1.29, 1.82) is 0 Å². The van der Waals surface area contributed by atoms with Gasteiger partial charge in [-0.3, -0.25) is 9.59 Å². The van der Waals surface area contributed by atoms with Crippen molar-refractivity contribution in [2.24, 2.45) is 0 Å². The quantitative estimate of drug-likeness (QED) is 0.814. The maximum atomic E-state index is 13.6. The maximum absolute atomic E-state index is 13.6. The molecule has 1 saturated carbocycles. The normalized spacial score (nSPS) is 16.2. The number of carbonyl (C=O) groups excluding carboxylic acids is 2. The zero-order valence-electron chi connectivity index (χ0n) is 13.9. The Hall–Kier alpha value is -2.21. The number of anilines is 1. The molecule has 25 heavy (non-hydrogen) atoms. The fourth-order valence-electron chi connectivity index (χ4n) is 3.39. The van der Waals surface area contributed by atoms with Crippen LogP contribution in [0.4, 0.5) is 10.1 Å². The number of carbonyl (C=O) groups is 2. The lowest BCUT2D eigenvalue weighted by Gasteiger charge is -2.36. The minimum Gasteiger partial charge on any atom is -0.347 e. The molecule has 132 valence electrons. The Kier molecular flexibility index (Phi) is 5.48. The van der Waals surface area contributed by atoms with Crippen molar-refractivity contribution < 1.29 is 14.0 Å². The van der Waals surface area contributed by atoms with Gasteiger partial charge in [-0.15, -0.1) is 11.3 Å². The first-order valence-corrected chi connectivity index (χ1v) is 9.36. The van der Waals surface area contributed by atoms with Gasteiger partial charge in [0.2, 0.25) is 0 Å². The Morgan fingerprint density at radius 1 is 1.04 bits per heavy atom. The van der Waals surface area contributed by atoms with E-state index in [0.717, 1.165) is 25.7 Å². The SMILES string of the molecule is O=C(NCC1(c2cccs2)CCCCC1)C(=O)Nc1ccccc1F. The number of thiophene rings is 1. The minimum absolute atomic E-state index is 0.00767. The van der Waals surface area contributed by atoms with Crippen LogP contribution in [0.1, 0.15) is 37.0 Å².